The minimum absolute atomic E-state index is 0.306. The molecule has 1 aromatic carbocycles. The van der Waals surface area contributed by atoms with Crippen molar-refractivity contribution in [3.8, 4) is 11.1 Å². The standard InChI is InChI=1S/C21H22F3N5O2/c22-21(23,24)20(30)16-5-15(8-25-9-16)14-6-17-19(27-31-26-17)18(7-14)29-11-13(12-29)10-28-3-1-2-4-28/h5-9,13,20,30H,1-4,10-12H2. The molecule has 0 aliphatic carbocycles. The highest BCUT2D eigenvalue weighted by atomic mass is 19.4. The van der Waals surface area contributed by atoms with Gasteiger partial charge in [0.05, 0.1) is 5.69 Å². The van der Waals surface area contributed by atoms with E-state index < -0.39 is 12.3 Å². The SMILES string of the molecule is OC(c1cncc(-c2cc(N3CC(CN4CCCC4)C3)c3nonc3c2)c1)C(F)(F)F. The Morgan fingerprint density at radius 2 is 1.84 bits per heavy atom. The molecule has 164 valence electrons. The molecule has 0 amide bonds. The normalized spacial score (nSPS) is 19.2. The average Bonchev–Trinajstić information content (AvgIpc) is 3.40. The molecule has 0 radical (unpaired) electrons. The first-order chi connectivity index (χ1) is 14.9. The van der Waals surface area contributed by atoms with Crippen LogP contribution in [0.3, 0.4) is 0 Å². The van der Waals surface area contributed by atoms with Crippen LogP contribution in [0.5, 0.6) is 0 Å². The number of hydrogen-bond donors (Lipinski definition) is 1. The van der Waals surface area contributed by atoms with Gasteiger partial charge in [0.2, 0.25) is 0 Å². The Morgan fingerprint density at radius 3 is 2.58 bits per heavy atom. The third-order valence-electron chi connectivity index (χ3n) is 6.07. The molecule has 0 spiro atoms. The van der Waals surface area contributed by atoms with E-state index >= 15 is 0 Å². The van der Waals surface area contributed by atoms with Gasteiger partial charge in [0.1, 0.15) is 5.52 Å². The fourth-order valence-electron chi connectivity index (χ4n) is 4.45. The van der Waals surface area contributed by atoms with Crippen LogP contribution in [0, 0.1) is 5.92 Å². The number of nitrogens with zero attached hydrogens (tertiary/aromatic N) is 5. The largest absolute Gasteiger partial charge is 0.418 e. The average molecular weight is 433 g/mol. The van der Waals surface area contributed by atoms with Gasteiger partial charge in [-0.15, -0.1) is 0 Å². The molecule has 3 aromatic rings. The summed E-state index contributed by atoms with van der Waals surface area (Å²) in [6.07, 6.45) is -2.32. The minimum Gasteiger partial charge on any atom is -0.379 e. The lowest BCUT2D eigenvalue weighted by atomic mass is 9.96. The van der Waals surface area contributed by atoms with Gasteiger partial charge in [0, 0.05) is 49.1 Å². The van der Waals surface area contributed by atoms with Gasteiger partial charge in [-0.25, -0.2) is 4.63 Å². The second kappa shape index (κ2) is 7.76. The Balaban J connectivity index is 1.41. The summed E-state index contributed by atoms with van der Waals surface area (Å²) in [5.74, 6) is 0.573. The summed E-state index contributed by atoms with van der Waals surface area (Å²) in [5, 5.41) is 17.5. The van der Waals surface area contributed by atoms with Crippen molar-refractivity contribution in [3.63, 3.8) is 0 Å². The van der Waals surface area contributed by atoms with E-state index in [9.17, 15) is 18.3 Å². The Hall–Kier alpha value is -2.72. The summed E-state index contributed by atoms with van der Waals surface area (Å²) in [7, 11) is 0. The topological polar surface area (TPSA) is 78.5 Å². The van der Waals surface area contributed by atoms with Crippen molar-refractivity contribution in [1.29, 1.82) is 0 Å². The number of aliphatic hydroxyl groups is 1. The zero-order chi connectivity index (χ0) is 21.6. The van der Waals surface area contributed by atoms with Gasteiger partial charge in [-0.2, -0.15) is 13.2 Å². The van der Waals surface area contributed by atoms with E-state index in [1.807, 2.05) is 6.07 Å². The van der Waals surface area contributed by atoms with Crippen LogP contribution in [0.25, 0.3) is 22.2 Å². The summed E-state index contributed by atoms with van der Waals surface area (Å²) in [4.78, 5) is 8.59. The van der Waals surface area contributed by atoms with Crippen molar-refractivity contribution in [2.24, 2.45) is 5.92 Å². The quantitative estimate of drug-likeness (QED) is 0.661. The number of halogens is 3. The molecule has 1 unspecified atom stereocenters. The van der Waals surface area contributed by atoms with Gasteiger partial charge < -0.3 is 14.9 Å². The number of pyridine rings is 1. The molecule has 10 heteroatoms. The minimum atomic E-state index is -4.76. The number of anilines is 1. The number of alkyl halides is 3. The van der Waals surface area contributed by atoms with Crippen molar-refractivity contribution in [3.05, 3.63) is 36.2 Å². The summed E-state index contributed by atoms with van der Waals surface area (Å²) < 4.78 is 43.7. The van der Waals surface area contributed by atoms with Crippen LogP contribution in [0.4, 0.5) is 18.9 Å². The van der Waals surface area contributed by atoms with Gasteiger partial charge in [-0.1, -0.05) is 0 Å². The molecule has 31 heavy (non-hydrogen) atoms. The molecule has 0 saturated carbocycles. The first-order valence-corrected chi connectivity index (χ1v) is 10.3. The molecule has 2 aliphatic rings. The monoisotopic (exact) mass is 433 g/mol. The van der Waals surface area contributed by atoms with Gasteiger partial charge in [-0.05, 0) is 60.0 Å². The zero-order valence-corrected chi connectivity index (χ0v) is 16.7. The lowest BCUT2D eigenvalue weighted by Crippen LogP contribution is -2.51. The zero-order valence-electron chi connectivity index (χ0n) is 16.7. The fraction of sp³-hybridized carbons (Fsp3) is 0.476. The number of aliphatic hydroxyl groups excluding tert-OH is 1. The van der Waals surface area contributed by atoms with Gasteiger partial charge in [0.15, 0.2) is 11.6 Å². The highest BCUT2D eigenvalue weighted by Gasteiger charge is 2.39. The lowest BCUT2D eigenvalue weighted by molar-refractivity contribution is -0.206. The van der Waals surface area contributed by atoms with E-state index in [1.54, 1.807) is 6.07 Å². The van der Waals surface area contributed by atoms with Crippen LogP contribution in [0.2, 0.25) is 0 Å². The van der Waals surface area contributed by atoms with Crippen LogP contribution in [0.1, 0.15) is 24.5 Å². The molecule has 7 nitrogen and oxygen atoms in total. The fourth-order valence-corrected chi connectivity index (χ4v) is 4.45. The Kier molecular flexibility index (Phi) is 5.05. The maximum atomic E-state index is 12.9. The predicted octanol–water partition coefficient (Wildman–Crippen LogP) is 3.41. The highest BCUT2D eigenvalue weighted by Crippen LogP contribution is 2.37. The van der Waals surface area contributed by atoms with Crippen LogP contribution in [0.15, 0.2) is 35.2 Å². The number of fused-ring (bicyclic) bond motifs is 1. The van der Waals surface area contributed by atoms with E-state index in [4.69, 9.17) is 4.63 Å². The van der Waals surface area contributed by atoms with Gasteiger partial charge in [0.25, 0.3) is 0 Å². The first kappa shape index (κ1) is 20.2. The summed E-state index contributed by atoms with van der Waals surface area (Å²) in [6, 6.07) is 4.88. The molecule has 0 bridgehead atoms. The van der Waals surface area contributed by atoms with E-state index in [-0.39, 0.29) is 5.56 Å². The Labute approximate surface area is 176 Å². The molecule has 1 N–H and O–H groups in total. The third kappa shape index (κ3) is 3.97. The molecule has 2 saturated heterocycles. The number of likely N-dealkylation sites (tertiary alicyclic amines) is 1. The van der Waals surface area contributed by atoms with E-state index in [2.05, 4.69) is 25.1 Å². The van der Waals surface area contributed by atoms with Gasteiger partial charge in [-0.3, -0.25) is 4.98 Å². The summed E-state index contributed by atoms with van der Waals surface area (Å²) in [6.45, 7) is 5.17. The van der Waals surface area contributed by atoms with Crippen molar-refractivity contribution in [2.45, 2.75) is 25.1 Å². The number of benzene rings is 1. The van der Waals surface area contributed by atoms with Crippen LogP contribution in [-0.4, -0.2) is 64.2 Å². The van der Waals surface area contributed by atoms with E-state index in [1.165, 1.54) is 25.1 Å². The van der Waals surface area contributed by atoms with Crippen LogP contribution in [-0.2, 0) is 0 Å². The number of hydrogen-bond acceptors (Lipinski definition) is 7. The molecule has 4 heterocycles. The molecular formula is C21H22F3N5O2. The van der Waals surface area contributed by atoms with E-state index in [0.29, 0.717) is 28.1 Å². The van der Waals surface area contributed by atoms with E-state index in [0.717, 1.165) is 44.6 Å². The summed E-state index contributed by atoms with van der Waals surface area (Å²) >= 11 is 0. The summed E-state index contributed by atoms with van der Waals surface area (Å²) in [5.41, 5.74) is 2.79. The number of aromatic nitrogens is 3. The number of rotatable bonds is 5. The predicted molar refractivity (Wildman–Crippen MR) is 107 cm³/mol. The first-order valence-electron chi connectivity index (χ1n) is 10.3. The second-order valence-electron chi connectivity index (χ2n) is 8.36. The molecule has 1 atom stereocenters. The molecular weight excluding hydrogens is 411 g/mol. The molecule has 2 aliphatic heterocycles. The van der Waals surface area contributed by atoms with Crippen LogP contribution >= 0.6 is 0 Å². The van der Waals surface area contributed by atoms with Crippen molar-refractivity contribution < 1.29 is 22.9 Å². The smallest absolute Gasteiger partial charge is 0.379 e. The van der Waals surface area contributed by atoms with Crippen LogP contribution < -0.4 is 4.90 Å². The van der Waals surface area contributed by atoms with Crippen molar-refractivity contribution in [1.82, 2.24) is 20.2 Å². The highest BCUT2D eigenvalue weighted by molar-refractivity contribution is 5.93. The van der Waals surface area contributed by atoms with Crippen molar-refractivity contribution in [2.75, 3.05) is 37.6 Å². The third-order valence-corrected chi connectivity index (χ3v) is 6.07. The Morgan fingerprint density at radius 1 is 1.06 bits per heavy atom. The lowest BCUT2D eigenvalue weighted by Gasteiger charge is -2.42. The molecule has 2 fully saturated rings. The Bertz CT molecular complexity index is 1070. The van der Waals surface area contributed by atoms with Crippen molar-refractivity contribution >= 4 is 16.7 Å². The maximum Gasteiger partial charge on any atom is 0.418 e. The van der Waals surface area contributed by atoms with Gasteiger partial charge >= 0.3 is 6.18 Å². The maximum absolute atomic E-state index is 12.9. The second-order valence-corrected chi connectivity index (χ2v) is 8.36. The molecule has 5 rings (SSSR count). The molecule has 2 aromatic heterocycles.